The lowest BCUT2D eigenvalue weighted by Gasteiger charge is -2.36. The van der Waals surface area contributed by atoms with Crippen LogP contribution in [-0.2, 0) is 6.54 Å². The number of anilines is 1. The van der Waals surface area contributed by atoms with Crippen molar-refractivity contribution in [3.63, 3.8) is 0 Å². The molecule has 0 amide bonds. The molecule has 1 aromatic carbocycles. The van der Waals surface area contributed by atoms with Crippen LogP contribution in [0.15, 0.2) is 22.7 Å². The molecule has 0 atom stereocenters. The quantitative estimate of drug-likeness (QED) is 0.803. The molecule has 0 unspecified atom stereocenters. The summed E-state index contributed by atoms with van der Waals surface area (Å²) >= 11 is 3.60. The van der Waals surface area contributed by atoms with E-state index in [9.17, 15) is 0 Å². The van der Waals surface area contributed by atoms with Gasteiger partial charge < -0.3 is 15.1 Å². The Morgan fingerprint density at radius 3 is 2.55 bits per heavy atom. The standard InChI is InChI=1S/C16H26BrN3/c1-3-7-18-13-14-12-15(17)5-6-16(14)20-10-8-19(4-2)9-11-20/h5-6,12,18H,3-4,7-11,13H2,1-2H3. The van der Waals surface area contributed by atoms with Gasteiger partial charge in [-0.2, -0.15) is 0 Å². The van der Waals surface area contributed by atoms with E-state index in [1.807, 2.05) is 0 Å². The lowest BCUT2D eigenvalue weighted by atomic mass is 10.1. The van der Waals surface area contributed by atoms with E-state index in [1.165, 1.54) is 41.8 Å². The summed E-state index contributed by atoms with van der Waals surface area (Å²) in [6.07, 6.45) is 1.18. The molecule has 0 saturated carbocycles. The van der Waals surface area contributed by atoms with Gasteiger partial charge in [-0.25, -0.2) is 0 Å². The van der Waals surface area contributed by atoms with Crippen LogP contribution in [0.4, 0.5) is 5.69 Å². The SMILES string of the molecule is CCCNCc1cc(Br)ccc1N1CCN(CC)CC1. The molecule has 1 aliphatic heterocycles. The molecule has 1 fully saturated rings. The molecular formula is C16H26BrN3. The highest BCUT2D eigenvalue weighted by molar-refractivity contribution is 9.10. The summed E-state index contributed by atoms with van der Waals surface area (Å²) in [5.41, 5.74) is 2.80. The Balaban J connectivity index is 2.06. The van der Waals surface area contributed by atoms with Crippen LogP contribution < -0.4 is 10.2 Å². The summed E-state index contributed by atoms with van der Waals surface area (Å²) in [5, 5.41) is 3.52. The largest absolute Gasteiger partial charge is 0.369 e. The van der Waals surface area contributed by atoms with Crippen LogP contribution in [0.25, 0.3) is 0 Å². The molecule has 2 rings (SSSR count). The number of rotatable bonds is 6. The fourth-order valence-corrected chi connectivity index (χ4v) is 3.12. The van der Waals surface area contributed by atoms with Gasteiger partial charge in [0, 0.05) is 42.9 Å². The molecule has 20 heavy (non-hydrogen) atoms. The zero-order chi connectivity index (χ0) is 14.4. The minimum atomic E-state index is 0.955. The van der Waals surface area contributed by atoms with Crippen LogP contribution >= 0.6 is 15.9 Å². The zero-order valence-corrected chi connectivity index (χ0v) is 14.2. The van der Waals surface area contributed by atoms with Gasteiger partial charge in [0.25, 0.3) is 0 Å². The Morgan fingerprint density at radius 1 is 1.15 bits per heavy atom. The Morgan fingerprint density at radius 2 is 1.90 bits per heavy atom. The lowest BCUT2D eigenvalue weighted by molar-refractivity contribution is 0.271. The molecule has 1 N–H and O–H groups in total. The number of likely N-dealkylation sites (N-methyl/N-ethyl adjacent to an activating group) is 1. The average molecular weight is 340 g/mol. The molecule has 1 saturated heterocycles. The highest BCUT2D eigenvalue weighted by Gasteiger charge is 2.18. The second-order valence-corrected chi connectivity index (χ2v) is 6.29. The van der Waals surface area contributed by atoms with Crippen molar-refractivity contribution >= 4 is 21.6 Å². The monoisotopic (exact) mass is 339 g/mol. The third-order valence-corrected chi connectivity index (χ3v) is 4.44. The Hall–Kier alpha value is -0.580. The first kappa shape index (κ1) is 15.8. The lowest BCUT2D eigenvalue weighted by Crippen LogP contribution is -2.46. The van der Waals surface area contributed by atoms with Crippen molar-refractivity contribution in [2.45, 2.75) is 26.8 Å². The van der Waals surface area contributed by atoms with Crippen LogP contribution in [0.2, 0.25) is 0 Å². The van der Waals surface area contributed by atoms with Gasteiger partial charge in [-0.3, -0.25) is 0 Å². The second-order valence-electron chi connectivity index (χ2n) is 5.37. The topological polar surface area (TPSA) is 18.5 Å². The summed E-state index contributed by atoms with van der Waals surface area (Å²) in [7, 11) is 0. The average Bonchev–Trinajstić information content (AvgIpc) is 2.48. The van der Waals surface area contributed by atoms with Crippen LogP contribution in [-0.4, -0.2) is 44.2 Å². The zero-order valence-electron chi connectivity index (χ0n) is 12.7. The van der Waals surface area contributed by atoms with Gasteiger partial charge in [0.15, 0.2) is 0 Å². The summed E-state index contributed by atoms with van der Waals surface area (Å²) < 4.78 is 1.17. The summed E-state index contributed by atoms with van der Waals surface area (Å²) in [6.45, 7) is 12.3. The third kappa shape index (κ3) is 4.21. The van der Waals surface area contributed by atoms with Crippen molar-refractivity contribution in [2.75, 3.05) is 44.2 Å². The van der Waals surface area contributed by atoms with Crippen LogP contribution in [0.3, 0.4) is 0 Å². The van der Waals surface area contributed by atoms with Gasteiger partial charge in [0.1, 0.15) is 0 Å². The van der Waals surface area contributed by atoms with Gasteiger partial charge in [-0.05, 0) is 43.3 Å². The smallest absolute Gasteiger partial charge is 0.0413 e. The van der Waals surface area contributed by atoms with Gasteiger partial charge in [-0.15, -0.1) is 0 Å². The fourth-order valence-electron chi connectivity index (χ4n) is 2.71. The fraction of sp³-hybridized carbons (Fsp3) is 0.625. The van der Waals surface area contributed by atoms with Gasteiger partial charge >= 0.3 is 0 Å². The Kier molecular flexibility index (Phi) is 6.33. The molecule has 0 radical (unpaired) electrons. The second kappa shape index (κ2) is 8.01. The summed E-state index contributed by atoms with van der Waals surface area (Å²) in [4.78, 5) is 5.05. The Bertz CT molecular complexity index is 414. The molecular weight excluding hydrogens is 314 g/mol. The number of halogens is 1. The molecule has 1 aliphatic rings. The van der Waals surface area contributed by atoms with Crippen LogP contribution in [0.1, 0.15) is 25.8 Å². The Labute approximate surface area is 131 Å². The van der Waals surface area contributed by atoms with E-state index in [2.05, 4.69) is 63.1 Å². The third-order valence-electron chi connectivity index (χ3n) is 3.94. The van der Waals surface area contributed by atoms with Gasteiger partial charge in [-0.1, -0.05) is 29.8 Å². The van der Waals surface area contributed by atoms with E-state index in [-0.39, 0.29) is 0 Å². The van der Waals surface area contributed by atoms with Crippen LogP contribution in [0.5, 0.6) is 0 Å². The maximum absolute atomic E-state index is 3.60. The molecule has 1 aromatic rings. The first-order valence-electron chi connectivity index (χ1n) is 7.71. The highest BCUT2D eigenvalue weighted by Crippen LogP contribution is 2.25. The summed E-state index contributed by atoms with van der Waals surface area (Å²) in [5.74, 6) is 0. The van der Waals surface area contributed by atoms with Crippen molar-refractivity contribution in [2.24, 2.45) is 0 Å². The molecule has 0 spiro atoms. The maximum Gasteiger partial charge on any atom is 0.0413 e. The maximum atomic E-state index is 3.60. The number of hydrogen-bond acceptors (Lipinski definition) is 3. The molecule has 4 heteroatoms. The van der Waals surface area contributed by atoms with Crippen molar-refractivity contribution in [3.8, 4) is 0 Å². The summed E-state index contributed by atoms with van der Waals surface area (Å²) in [6, 6.07) is 6.67. The molecule has 3 nitrogen and oxygen atoms in total. The van der Waals surface area contributed by atoms with E-state index >= 15 is 0 Å². The van der Waals surface area contributed by atoms with Crippen molar-refractivity contribution < 1.29 is 0 Å². The van der Waals surface area contributed by atoms with Crippen LogP contribution in [0, 0.1) is 0 Å². The van der Waals surface area contributed by atoms with E-state index < -0.39 is 0 Å². The van der Waals surface area contributed by atoms with Crippen molar-refractivity contribution in [3.05, 3.63) is 28.2 Å². The predicted molar refractivity (Wildman–Crippen MR) is 90.5 cm³/mol. The minimum absolute atomic E-state index is 0.955. The molecule has 0 bridgehead atoms. The number of nitrogens with zero attached hydrogens (tertiary/aromatic N) is 2. The van der Waals surface area contributed by atoms with Crippen molar-refractivity contribution in [1.29, 1.82) is 0 Å². The normalized spacial score (nSPS) is 16.6. The van der Waals surface area contributed by atoms with E-state index in [0.717, 1.165) is 26.2 Å². The first-order chi connectivity index (χ1) is 9.74. The number of benzene rings is 1. The van der Waals surface area contributed by atoms with E-state index in [0.29, 0.717) is 0 Å². The van der Waals surface area contributed by atoms with Gasteiger partial charge in [0.05, 0.1) is 0 Å². The van der Waals surface area contributed by atoms with Gasteiger partial charge in [0.2, 0.25) is 0 Å². The molecule has 1 heterocycles. The highest BCUT2D eigenvalue weighted by atomic mass is 79.9. The minimum Gasteiger partial charge on any atom is -0.369 e. The van der Waals surface area contributed by atoms with E-state index in [1.54, 1.807) is 0 Å². The first-order valence-corrected chi connectivity index (χ1v) is 8.50. The predicted octanol–water partition coefficient (Wildman–Crippen LogP) is 3.09. The number of piperazine rings is 1. The molecule has 0 aromatic heterocycles. The number of nitrogens with one attached hydrogen (secondary N) is 1. The van der Waals surface area contributed by atoms with Crippen molar-refractivity contribution in [1.82, 2.24) is 10.2 Å². The molecule has 112 valence electrons. The van der Waals surface area contributed by atoms with E-state index in [4.69, 9.17) is 0 Å². The number of hydrogen-bond donors (Lipinski definition) is 1. The molecule has 0 aliphatic carbocycles.